The summed E-state index contributed by atoms with van der Waals surface area (Å²) in [6.07, 6.45) is 1.34. The molecule has 1 heterocycles. The summed E-state index contributed by atoms with van der Waals surface area (Å²) in [5, 5.41) is 4.20. The number of halogens is 2. The van der Waals surface area contributed by atoms with E-state index in [4.69, 9.17) is 11.6 Å². The van der Waals surface area contributed by atoms with Crippen molar-refractivity contribution in [2.75, 3.05) is 23.4 Å². The molecule has 1 aliphatic rings. The molecule has 0 spiro atoms. The van der Waals surface area contributed by atoms with E-state index >= 15 is 0 Å². The first-order valence-corrected chi connectivity index (χ1v) is 7.35. The van der Waals surface area contributed by atoms with Crippen molar-refractivity contribution in [1.29, 1.82) is 0 Å². The van der Waals surface area contributed by atoms with Crippen LogP contribution >= 0.6 is 39.3 Å². The van der Waals surface area contributed by atoms with Crippen molar-refractivity contribution in [2.45, 2.75) is 6.42 Å². The van der Waals surface area contributed by atoms with Crippen molar-refractivity contribution in [3.05, 3.63) is 27.7 Å². The molecule has 1 atom stereocenters. The molecule has 4 heteroatoms. The number of nitrogens with one attached hydrogen (secondary N) is 1. The molecule has 1 fully saturated rings. The van der Waals surface area contributed by atoms with E-state index in [-0.39, 0.29) is 0 Å². The molecule has 1 aromatic rings. The molecule has 0 bridgehead atoms. The predicted octanol–water partition coefficient (Wildman–Crippen LogP) is 4.27. The molecule has 0 radical (unpaired) electrons. The van der Waals surface area contributed by atoms with Crippen LogP contribution in [0.4, 0.5) is 5.69 Å². The van der Waals surface area contributed by atoms with E-state index in [0.717, 1.165) is 27.6 Å². The molecule has 2 rings (SSSR count). The Morgan fingerprint density at radius 1 is 1.53 bits per heavy atom. The van der Waals surface area contributed by atoms with Gasteiger partial charge in [0, 0.05) is 16.7 Å². The van der Waals surface area contributed by atoms with Gasteiger partial charge in [-0.05, 0) is 58.0 Å². The van der Waals surface area contributed by atoms with E-state index in [1.165, 1.54) is 17.9 Å². The van der Waals surface area contributed by atoms with Gasteiger partial charge in [-0.15, -0.1) is 0 Å². The van der Waals surface area contributed by atoms with Crippen LogP contribution in [0.5, 0.6) is 0 Å². The largest absolute Gasteiger partial charge is 0.385 e. The molecule has 0 aliphatic carbocycles. The Morgan fingerprint density at radius 2 is 2.40 bits per heavy atom. The number of rotatable bonds is 3. The van der Waals surface area contributed by atoms with Crippen molar-refractivity contribution in [2.24, 2.45) is 5.92 Å². The first-order valence-electron chi connectivity index (χ1n) is 5.02. The van der Waals surface area contributed by atoms with Crippen LogP contribution in [-0.4, -0.2) is 18.1 Å². The second-order valence-electron chi connectivity index (χ2n) is 3.74. The Balaban J connectivity index is 1.90. The quantitative estimate of drug-likeness (QED) is 0.895. The molecule has 0 amide bonds. The van der Waals surface area contributed by atoms with Crippen LogP contribution in [0.25, 0.3) is 0 Å². The average Bonchev–Trinajstić information content (AvgIpc) is 2.73. The molecule has 0 aromatic heterocycles. The maximum atomic E-state index is 6.02. The molecule has 82 valence electrons. The van der Waals surface area contributed by atoms with Gasteiger partial charge in [0.15, 0.2) is 0 Å². The SMILES string of the molecule is Clc1cc(NCC2CCSC2)ccc1Br. The van der Waals surface area contributed by atoms with Gasteiger partial charge in [-0.25, -0.2) is 0 Å². The van der Waals surface area contributed by atoms with Crippen molar-refractivity contribution in [1.82, 2.24) is 0 Å². The van der Waals surface area contributed by atoms with E-state index in [2.05, 4.69) is 27.3 Å². The molecule has 1 aromatic carbocycles. The summed E-state index contributed by atoms with van der Waals surface area (Å²) in [6, 6.07) is 6.00. The van der Waals surface area contributed by atoms with E-state index < -0.39 is 0 Å². The van der Waals surface area contributed by atoms with Gasteiger partial charge in [0.05, 0.1) is 5.02 Å². The first-order chi connectivity index (χ1) is 7.25. The Bertz CT molecular complexity index is 339. The van der Waals surface area contributed by atoms with E-state index in [1.807, 2.05) is 23.9 Å². The third kappa shape index (κ3) is 3.30. The number of thioether (sulfide) groups is 1. The highest BCUT2D eigenvalue weighted by molar-refractivity contribution is 9.10. The Labute approximate surface area is 108 Å². The van der Waals surface area contributed by atoms with Crippen molar-refractivity contribution < 1.29 is 0 Å². The third-order valence-electron chi connectivity index (χ3n) is 2.54. The van der Waals surface area contributed by atoms with Gasteiger partial charge in [-0.2, -0.15) is 11.8 Å². The van der Waals surface area contributed by atoms with Crippen LogP contribution in [0.3, 0.4) is 0 Å². The number of hydrogen-bond acceptors (Lipinski definition) is 2. The van der Waals surface area contributed by atoms with Gasteiger partial charge in [0.25, 0.3) is 0 Å². The summed E-state index contributed by atoms with van der Waals surface area (Å²) in [5.41, 5.74) is 1.11. The highest BCUT2D eigenvalue weighted by Gasteiger charge is 2.14. The number of anilines is 1. The lowest BCUT2D eigenvalue weighted by atomic mass is 10.1. The zero-order valence-electron chi connectivity index (χ0n) is 8.30. The topological polar surface area (TPSA) is 12.0 Å². The highest BCUT2D eigenvalue weighted by atomic mass is 79.9. The molecule has 1 N–H and O–H groups in total. The number of benzene rings is 1. The zero-order chi connectivity index (χ0) is 10.7. The second-order valence-corrected chi connectivity index (χ2v) is 6.15. The molecule has 1 aliphatic heterocycles. The Hall–Kier alpha value is 0.140. The zero-order valence-corrected chi connectivity index (χ0v) is 11.5. The smallest absolute Gasteiger partial charge is 0.0568 e. The van der Waals surface area contributed by atoms with Crippen molar-refractivity contribution >= 4 is 45.0 Å². The van der Waals surface area contributed by atoms with Gasteiger partial charge >= 0.3 is 0 Å². The van der Waals surface area contributed by atoms with E-state index in [1.54, 1.807) is 0 Å². The fourth-order valence-corrected chi connectivity index (χ4v) is 3.32. The lowest BCUT2D eigenvalue weighted by Crippen LogP contribution is -2.13. The summed E-state index contributed by atoms with van der Waals surface area (Å²) in [7, 11) is 0. The maximum Gasteiger partial charge on any atom is 0.0568 e. The minimum absolute atomic E-state index is 0.765. The monoisotopic (exact) mass is 305 g/mol. The third-order valence-corrected chi connectivity index (χ3v) is 5.00. The van der Waals surface area contributed by atoms with Gasteiger partial charge in [0.2, 0.25) is 0 Å². The molecule has 1 nitrogen and oxygen atoms in total. The van der Waals surface area contributed by atoms with Gasteiger partial charge < -0.3 is 5.32 Å². The van der Waals surface area contributed by atoms with Crippen LogP contribution in [0.15, 0.2) is 22.7 Å². The van der Waals surface area contributed by atoms with Crippen LogP contribution in [0, 0.1) is 5.92 Å². The summed E-state index contributed by atoms with van der Waals surface area (Å²) >= 11 is 11.5. The summed E-state index contributed by atoms with van der Waals surface area (Å²) in [6.45, 7) is 1.06. The molecular formula is C11H13BrClNS. The second kappa shape index (κ2) is 5.46. The average molecular weight is 307 g/mol. The van der Waals surface area contributed by atoms with Crippen LogP contribution in [-0.2, 0) is 0 Å². The van der Waals surface area contributed by atoms with E-state index in [9.17, 15) is 0 Å². The van der Waals surface area contributed by atoms with Crippen molar-refractivity contribution in [3.8, 4) is 0 Å². The lowest BCUT2D eigenvalue weighted by molar-refractivity contribution is 0.632. The molecule has 1 unspecified atom stereocenters. The Kier molecular flexibility index (Phi) is 4.23. The first kappa shape index (κ1) is 11.6. The molecular weight excluding hydrogens is 294 g/mol. The summed E-state index contributed by atoms with van der Waals surface area (Å²) in [5.74, 6) is 3.42. The van der Waals surface area contributed by atoms with Crippen molar-refractivity contribution in [3.63, 3.8) is 0 Å². The lowest BCUT2D eigenvalue weighted by Gasteiger charge is -2.11. The molecule has 15 heavy (non-hydrogen) atoms. The van der Waals surface area contributed by atoms with Gasteiger partial charge in [-0.3, -0.25) is 0 Å². The predicted molar refractivity (Wildman–Crippen MR) is 73.1 cm³/mol. The van der Waals surface area contributed by atoms with Crippen LogP contribution in [0.1, 0.15) is 6.42 Å². The Morgan fingerprint density at radius 3 is 3.07 bits per heavy atom. The van der Waals surface area contributed by atoms with Gasteiger partial charge in [0.1, 0.15) is 0 Å². The van der Waals surface area contributed by atoms with Crippen LogP contribution in [0.2, 0.25) is 5.02 Å². The number of hydrogen-bond donors (Lipinski definition) is 1. The summed E-state index contributed by atoms with van der Waals surface area (Å²) in [4.78, 5) is 0. The minimum Gasteiger partial charge on any atom is -0.385 e. The molecule has 0 saturated carbocycles. The minimum atomic E-state index is 0.765. The molecule has 1 saturated heterocycles. The van der Waals surface area contributed by atoms with Gasteiger partial charge in [-0.1, -0.05) is 11.6 Å². The fraction of sp³-hybridized carbons (Fsp3) is 0.455. The standard InChI is InChI=1S/C11H13BrClNS/c12-10-2-1-9(5-11(10)13)14-6-8-3-4-15-7-8/h1-2,5,8,14H,3-4,6-7H2. The van der Waals surface area contributed by atoms with E-state index in [0.29, 0.717) is 0 Å². The summed E-state index contributed by atoms with van der Waals surface area (Å²) < 4.78 is 0.950. The fourth-order valence-electron chi connectivity index (χ4n) is 1.61. The highest BCUT2D eigenvalue weighted by Crippen LogP contribution is 2.27. The normalized spacial score (nSPS) is 20.5. The maximum absolute atomic E-state index is 6.02. The van der Waals surface area contributed by atoms with Crippen LogP contribution < -0.4 is 5.32 Å².